The van der Waals surface area contributed by atoms with E-state index in [2.05, 4.69) is 0 Å². The first kappa shape index (κ1) is 13.3. The summed E-state index contributed by atoms with van der Waals surface area (Å²) in [7, 11) is 1.69. The van der Waals surface area contributed by atoms with Crippen molar-refractivity contribution in [3.05, 3.63) is 28.3 Å². The number of methoxy groups -OCH3 is 1. The number of nitrogens with two attached hydrogens (primary N) is 1. The van der Waals surface area contributed by atoms with Crippen LogP contribution in [0.1, 0.15) is 31.4 Å². The predicted octanol–water partition coefficient (Wildman–Crippen LogP) is 3.33. The second kappa shape index (κ2) is 5.07. The smallest absolute Gasteiger partial charge is 0.125 e. The molecule has 1 aromatic carbocycles. The van der Waals surface area contributed by atoms with Crippen molar-refractivity contribution in [3.8, 4) is 5.75 Å². The van der Waals surface area contributed by atoms with Crippen LogP contribution in [0.15, 0.2) is 12.1 Å². The summed E-state index contributed by atoms with van der Waals surface area (Å²) in [5.41, 5.74) is 8.01. The van der Waals surface area contributed by atoms with Gasteiger partial charge in [0, 0.05) is 10.6 Å². The van der Waals surface area contributed by atoms with Crippen LogP contribution in [-0.2, 0) is 6.42 Å². The lowest BCUT2D eigenvalue weighted by Crippen LogP contribution is -2.32. The topological polar surface area (TPSA) is 35.2 Å². The molecule has 16 heavy (non-hydrogen) atoms. The zero-order valence-electron chi connectivity index (χ0n) is 10.4. The zero-order chi connectivity index (χ0) is 12.3. The molecule has 2 N–H and O–H groups in total. The Balaban J connectivity index is 2.94. The summed E-state index contributed by atoms with van der Waals surface area (Å²) in [6.45, 7) is 6.05. The summed E-state index contributed by atoms with van der Waals surface area (Å²) < 4.78 is 5.40. The average molecular weight is 242 g/mol. The zero-order valence-corrected chi connectivity index (χ0v) is 11.2. The van der Waals surface area contributed by atoms with E-state index < -0.39 is 0 Å². The Kier molecular flexibility index (Phi) is 4.22. The summed E-state index contributed by atoms with van der Waals surface area (Å²) in [6, 6.07) is 3.87. The second-order valence-corrected chi connectivity index (χ2v) is 5.34. The lowest BCUT2D eigenvalue weighted by molar-refractivity contribution is 0.401. The van der Waals surface area contributed by atoms with Gasteiger partial charge in [0.2, 0.25) is 0 Å². The van der Waals surface area contributed by atoms with Gasteiger partial charge in [-0.3, -0.25) is 0 Å². The molecule has 0 radical (unpaired) electrons. The normalized spacial score (nSPS) is 11.6. The van der Waals surface area contributed by atoms with Gasteiger partial charge in [0.1, 0.15) is 5.75 Å². The fourth-order valence-electron chi connectivity index (χ4n) is 1.73. The minimum absolute atomic E-state index is 0.165. The van der Waals surface area contributed by atoms with E-state index in [1.165, 1.54) is 0 Å². The average Bonchev–Trinajstić information content (AvgIpc) is 2.12. The van der Waals surface area contributed by atoms with Crippen LogP contribution in [0.3, 0.4) is 0 Å². The van der Waals surface area contributed by atoms with Gasteiger partial charge in [-0.25, -0.2) is 0 Å². The van der Waals surface area contributed by atoms with Crippen molar-refractivity contribution in [2.24, 2.45) is 5.73 Å². The third kappa shape index (κ3) is 3.69. The molecule has 0 aliphatic carbocycles. The van der Waals surface area contributed by atoms with Crippen LogP contribution < -0.4 is 10.5 Å². The van der Waals surface area contributed by atoms with Gasteiger partial charge in [-0.1, -0.05) is 11.6 Å². The Hall–Kier alpha value is -0.730. The summed E-state index contributed by atoms with van der Waals surface area (Å²) in [5.74, 6) is 0.925. The highest BCUT2D eigenvalue weighted by Gasteiger charge is 2.14. The van der Waals surface area contributed by atoms with Gasteiger partial charge < -0.3 is 10.5 Å². The van der Waals surface area contributed by atoms with E-state index in [9.17, 15) is 0 Å². The van der Waals surface area contributed by atoms with E-state index in [-0.39, 0.29) is 5.54 Å². The van der Waals surface area contributed by atoms with Gasteiger partial charge in [0.15, 0.2) is 0 Å². The van der Waals surface area contributed by atoms with Gasteiger partial charge in [0.25, 0.3) is 0 Å². The second-order valence-electron chi connectivity index (χ2n) is 4.90. The Morgan fingerprint density at radius 2 is 2.00 bits per heavy atom. The number of rotatable bonds is 4. The molecule has 1 rings (SSSR count). The lowest BCUT2D eigenvalue weighted by Gasteiger charge is -2.19. The van der Waals surface area contributed by atoms with Crippen molar-refractivity contribution in [2.75, 3.05) is 7.11 Å². The van der Waals surface area contributed by atoms with Crippen LogP contribution in [0.2, 0.25) is 5.02 Å². The highest BCUT2D eigenvalue weighted by molar-refractivity contribution is 6.30. The number of hydrogen-bond acceptors (Lipinski definition) is 2. The predicted molar refractivity (Wildman–Crippen MR) is 69.3 cm³/mol. The highest BCUT2D eigenvalue weighted by Crippen LogP contribution is 2.29. The van der Waals surface area contributed by atoms with E-state index in [1.807, 2.05) is 32.9 Å². The Morgan fingerprint density at radius 3 is 2.50 bits per heavy atom. The van der Waals surface area contributed by atoms with Gasteiger partial charge >= 0.3 is 0 Å². The van der Waals surface area contributed by atoms with Crippen LogP contribution in [0.4, 0.5) is 0 Å². The molecule has 2 nitrogen and oxygen atoms in total. The molecule has 0 heterocycles. The van der Waals surface area contributed by atoms with E-state index >= 15 is 0 Å². The van der Waals surface area contributed by atoms with Crippen molar-refractivity contribution in [2.45, 2.75) is 39.2 Å². The fourth-order valence-corrected chi connectivity index (χ4v) is 2.03. The van der Waals surface area contributed by atoms with Crippen LogP contribution in [0, 0.1) is 6.92 Å². The first-order valence-electron chi connectivity index (χ1n) is 5.45. The molecular formula is C13H20ClNO. The van der Waals surface area contributed by atoms with E-state index in [0.717, 1.165) is 34.7 Å². The molecule has 0 spiro atoms. The number of hydrogen-bond donors (Lipinski definition) is 1. The van der Waals surface area contributed by atoms with Crippen LogP contribution >= 0.6 is 11.6 Å². The van der Waals surface area contributed by atoms with Crippen LogP contribution in [0.25, 0.3) is 0 Å². The van der Waals surface area contributed by atoms with Gasteiger partial charge in [-0.05, 0) is 56.9 Å². The molecule has 0 saturated heterocycles. The third-order valence-electron chi connectivity index (χ3n) is 2.56. The van der Waals surface area contributed by atoms with Gasteiger partial charge in [-0.15, -0.1) is 0 Å². The third-order valence-corrected chi connectivity index (χ3v) is 2.78. The lowest BCUT2D eigenvalue weighted by atomic mass is 9.95. The minimum Gasteiger partial charge on any atom is -0.496 e. The minimum atomic E-state index is -0.165. The molecule has 0 fully saturated rings. The van der Waals surface area contributed by atoms with E-state index in [0.29, 0.717) is 0 Å². The first-order chi connectivity index (χ1) is 7.33. The Labute approximate surface area is 103 Å². The Bertz CT molecular complexity index is 369. The van der Waals surface area contributed by atoms with Gasteiger partial charge in [-0.2, -0.15) is 0 Å². The van der Waals surface area contributed by atoms with E-state index in [4.69, 9.17) is 22.1 Å². The molecule has 3 heteroatoms. The first-order valence-corrected chi connectivity index (χ1v) is 5.83. The molecule has 0 aliphatic rings. The molecule has 0 bridgehead atoms. The van der Waals surface area contributed by atoms with Crippen molar-refractivity contribution in [1.82, 2.24) is 0 Å². The van der Waals surface area contributed by atoms with Crippen molar-refractivity contribution in [1.29, 1.82) is 0 Å². The van der Waals surface area contributed by atoms with Gasteiger partial charge in [0.05, 0.1) is 7.11 Å². The molecule has 0 saturated carbocycles. The van der Waals surface area contributed by atoms with Crippen molar-refractivity contribution in [3.63, 3.8) is 0 Å². The van der Waals surface area contributed by atoms with Crippen LogP contribution in [0.5, 0.6) is 5.75 Å². The number of benzene rings is 1. The number of ether oxygens (including phenoxy) is 1. The quantitative estimate of drug-likeness (QED) is 0.878. The molecule has 0 aliphatic heterocycles. The molecule has 0 atom stereocenters. The number of aryl methyl sites for hydroxylation is 2. The number of halogens is 1. The maximum atomic E-state index is 6.04. The maximum absolute atomic E-state index is 6.04. The van der Waals surface area contributed by atoms with Crippen molar-refractivity contribution < 1.29 is 4.74 Å². The summed E-state index contributed by atoms with van der Waals surface area (Å²) >= 11 is 6.04. The molecule has 1 aromatic rings. The van der Waals surface area contributed by atoms with E-state index in [1.54, 1.807) is 7.11 Å². The molecular weight excluding hydrogens is 222 g/mol. The largest absolute Gasteiger partial charge is 0.496 e. The monoisotopic (exact) mass is 241 g/mol. The molecule has 90 valence electrons. The van der Waals surface area contributed by atoms with Crippen LogP contribution in [-0.4, -0.2) is 12.6 Å². The molecule has 0 unspecified atom stereocenters. The van der Waals surface area contributed by atoms with Crippen molar-refractivity contribution >= 4 is 11.6 Å². The summed E-state index contributed by atoms with van der Waals surface area (Å²) in [6.07, 6.45) is 1.79. The summed E-state index contributed by atoms with van der Waals surface area (Å²) in [5, 5.41) is 0.753. The Morgan fingerprint density at radius 1 is 1.38 bits per heavy atom. The fraction of sp³-hybridized carbons (Fsp3) is 0.538. The molecule has 0 amide bonds. The maximum Gasteiger partial charge on any atom is 0.125 e. The standard InChI is InChI=1S/C13H20ClNO/c1-9-7-11(14)8-10(12(9)16-4)5-6-13(2,3)15/h7-8H,5-6,15H2,1-4H3. The highest BCUT2D eigenvalue weighted by atomic mass is 35.5. The summed E-state index contributed by atoms with van der Waals surface area (Å²) in [4.78, 5) is 0. The SMILES string of the molecule is COc1c(C)cc(Cl)cc1CCC(C)(C)N. The molecule has 0 aromatic heterocycles.